The molecule has 0 aromatic heterocycles. The zero-order valence-electron chi connectivity index (χ0n) is 7.14. The molecule has 1 N–H and O–H groups in total. The first-order chi connectivity index (χ1) is 6.31. The van der Waals surface area contributed by atoms with Crippen molar-refractivity contribution in [1.29, 1.82) is 0 Å². The Bertz CT molecular complexity index is 349. The van der Waals surface area contributed by atoms with Gasteiger partial charge < -0.3 is 5.32 Å². The van der Waals surface area contributed by atoms with E-state index in [1.54, 1.807) is 0 Å². The first kappa shape index (κ1) is 8.75. The topological polar surface area (TPSA) is 29.1 Å². The lowest BCUT2D eigenvalue weighted by Gasteiger charge is -2.16. The van der Waals surface area contributed by atoms with Crippen LogP contribution in [0.15, 0.2) is 18.2 Å². The fourth-order valence-electron chi connectivity index (χ4n) is 1.54. The van der Waals surface area contributed by atoms with Crippen LogP contribution in [-0.2, 0) is 11.8 Å². The van der Waals surface area contributed by atoms with Crippen molar-refractivity contribution in [3.63, 3.8) is 0 Å². The van der Waals surface area contributed by atoms with E-state index in [-0.39, 0.29) is 5.91 Å². The van der Waals surface area contributed by atoms with Gasteiger partial charge in [0.25, 0.3) is 5.91 Å². The molecule has 2 rings (SSSR count). The molecule has 0 spiro atoms. The smallest absolute Gasteiger partial charge is 0.251 e. The Balaban J connectivity index is 2.47. The number of amides is 1. The Hall–Kier alpha value is -0.830. The lowest BCUT2D eigenvalue weighted by atomic mass is 9.98. The van der Waals surface area contributed by atoms with Crippen molar-refractivity contribution in [3.05, 3.63) is 34.9 Å². The third kappa shape index (κ3) is 1.61. The van der Waals surface area contributed by atoms with E-state index in [0.717, 1.165) is 35.0 Å². The molecule has 1 aliphatic heterocycles. The van der Waals surface area contributed by atoms with Crippen LogP contribution in [0, 0.1) is 0 Å². The van der Waals surface area contributed by atoms with Crippen LogP contribution in [0.25, 0.3) is 0 Å². The molecule has 0 aliphatic carbocycles. The molecule has 1 aromatic rings. The third-order valence-corrected chi connectivity index (χ3v) is 2.90. The zero-order chi connectivity index (χ0) is 9.26. The largest absolute Gasteiger partial charge is 0.352 e. The summed E-state index contributed by atoms with van der Waals surface area (Å²) in [6.45, 7) is 0.763. The van der Waals surface area contributed by atoms with Crippen molar-refractivity contribution in [3.8, 4) is 0 Å². The second kappa shape index (κ2) is 3.50. The maximum atomic E-state index is 11.4. The highest BCUT2D eigenvalue weighted by molar-refractivity contribution is 9.08. The number of benzene rings is 1. The standard InChI is InChI=1S/C10H10BrNO/c11-6-7-1-2-8-3-4-12-10(13)9(8)5-7/h1-2,5H,3-4,6H2,(H,12,13). The summed E-state index contributed by atoms with van der Waals surface area (Å²) in [6, 6.07) is 6.06. The van der Waals surface area contributed by atoms with Crippen LogP contribution in [0.1, 0.15) is 21.5 Å². The van der Waals surface area contributed by atoms with Crippen LogP contribution in [0.3, 0.4) is 0 Å². The number of rotatable bonds is 1. The summed E-state index contributed by atoms with van der Waals surface area (Å²) in [5, 5.41) is 3.63. The van der Waals surface area contributed by atoms with Crippen molar-refractivity contribution < 1.29 is 4.79 Å². The molecule has 0 saturated carbocycles. The number of fused-ring (bicyclic) bond motifs is 1. The first-order valence-corrected chi connectivity index (χ1v) is 5.39. The predicted molar refractivity (Wildman–Crippen MR) is 55.1 cm³/mol. The zero-order valence-corrected chi connectivity index (χ0v) is 8.73. The van der Waals surface area contributed by atoms with E-state index >= 15 is 0 Å². The van der Waals surface area contributed by atoms with Crippen LogP contribution < -0.4 is 5.32 Å². The SMILES string of the molecule is O=C1NCCc2ccc(CBr)cc21. The van der Waals surface area contributed by atoms with Gasteiger partial charge in [0.2, 0.25) is 0 Å². The molecule has 1 heterocycles. The van der Waals surface area contributed by atoms with Crippen LogP contribution >= 0.6 is 15.9 Å². The summed E-state index contributed by atoms with van der Waals surface area (Å²) in [4.78, 5) is 11.4. The van der Waals surface area contributed by atoms with Crippen LogP contribution in [0.5, 0.6) is 0 Å². The Morgan fingerprint density at radius 3 is 3.08 bits per heavy atom. The van der Waals surface area contributed by atoms with Crippen molar-refractivity contribution in [2.45, 2.75) is 11.8 Å². The second-order valence-electron chi connectivity index (χ2n) is 3.13. The molecule has 13 heavy (non-hydrogen) atoms. The van der Waals surface area contributed by atoms with Crippen LogP contribution in [-0.4, -0.2) is 12.5 Å². The van der Waals surface area contributed by atoms with E-state index < -0.39 is 0 Å². The number of hydrogen-bond donors (Lipinski definition) is 1. The summed E-state index contributed by atoms with van der Waals surface area (Å²) in [5.41, 5.74) is 3.15. The number of halogens is 1. The highest BCUT2D eigenvalue weighted by Crippen LogP contribution is 2.17. The summed E-state index contributed by atoms with van der Waals surface area (Å²) in [7, 11) is 0. The normalized spacial score (nSPS) is 15.0. The van der Waals surface area contributed by atoms with Gasteiger partial charge in [0.1, 0.15) is 0 Å². The van der Waals surface area contributed by atoms with Crippen molar-refractivity contribution in [2.24, 2.45) is 0 Å². The number of carbonyl (C=O) groups is 1. The van der Waals surface area contributed by atoms with Gasteiger partial charge in [-0.3, -0.25) is 4.79 Å². The van der Waals surface area contributed by atoms with Gasteiger partial charge in [-0.1, -0.05) is 28.1 Å². The van der Waals surface area contributed by atoms with Crippen molar-refractivity contribution >= 4 is 21.8 Å². The van der Waals surface area contributed by atoms with E-state index in [9.17, 15) is 4.79 Å². The Morgan fingerprint density at radius 1 is 1.46 bits per heavy atom. The van der Waals surface area contributed by atoms with Gasteiger partial charge in [-0.15, -0.1) is 0 Å². The molecule has 68 valence electrons. The van der Waals surface area contributed by atoms with Gasteiger partial charge in [-0.2, -0.15) is 0 Å². The maximum Gasteiger partial charge on any atom is 0.251 e. The number of nitrogens with one attached hydrogen (secondary N) is 1. The Morgan fingerprint density at radius 2 is 2.31 bits per heavy atom. The van der Waals surface area contributed by atoms with Gasteiger partial charge in [-0.25, -0.2) is 0 Å². The van der Waals surface area contributed by atoms with Gasteiger partial charge >= 0.3 is 0 Å². The third-order valence-electron chi connectivity index (χ3n) is 2.25. The van der Waals surface area contributed by atoms with E-state index in [1.807, 2.05) is 12.1 Å². The molecule has 2 nitrogen and oxygen atoms in total. The molecule has 0 saturated heterocycles. The number of hydrogen-bond acceptors (Lipinski definition) is 1. The summed E-state index contributed by atoms with van der Waals surface area (Å²) in [5.74, 6) is 0.0593. The molecular weight excluding hydrogens is 230 g/mol. The fraction of sp³-hybridized carbons (Fsp3) is 0.300. The molecule has 0 bridgehead atoms. The molecule has 0 fully saturated rings. The molecule has 0 radical (unpaired) electrons. The molecular formula is C10H10BrNO. The van der Waals surface area contributed by atoms with Crippen molar-refractivity contribution in [1.82, 2.24) is 5.32 Å². The summed E-state index contributed by atoms with van der Waals surface area (Å²) < 4.78 is 0. The quantitative estimate of drug-likeness (QED) is 0.746. The highest BCUT2D eigenvalue weighted by Gasteiger charge is 2.15. The molecule has 0 unspecified atom stereocenters. The predicted octanol–water partition coefficient (Wildman–Crippen LogP) is 1.87. The fourth-order valence-corrected chi connectivity index (χ4v) is 1.89. The Kier molecular flexibility index (Phi) is 2.36. The van der Waals surface area contributed by atoms with E-state index in [4.69, 9.17) is 0 Å². The number of alkyl halides is 1. The van der Waals surface area contributed by atoms with E-state index in [2.05, 4.69) is 27.3 Å². The molecule has 3 heteroatoms. The minimum atomic E-state index is 0.0593. The second-order valence-corrected chi connectivity index (χ2v) is 3.69. The molecule has 1 amide bonds. The molecule has 1 aliphatic rings. The van der Waals surface area contributed by atoms with Crippen LogP contribution in [0.4, 0.5) is 0 Å². The van der Waals surface area contributed by atoms with E-state index in [0.29, 0.717) is 0 Å². The van der Waals surface area contributed by atoms with Crippen LogP contribution in [0.2, 0.25) is 0 Å². The van der Waals surface area contributed by atoms with Gasteiger partial charge in [0.15, 0.2) is 0 Å². The van der Waals surface area contributed by atoms with Gasteiger partial charge in [0, 0.05) is 17.4 Å². The minimum absolute atomic E-state index is 0.0593. The summed E-state index contributed by atoms with van der Waals surface area (Å²) in [6.07, 6.45) is 0.948. The average Bonchev–Trinajstić information content (AvgIpc) is 2.18. The highest BCUT2D eigenvalue weighted by atomic mass is 79.9. The van der Waals surface area contributed by atoms with Crippen molar-refractivity contribution in [2.75, 3.05) is 6.54 Å². The monoisotopic (exact) mass is 239 g/mol. The first-order valence-electron chi connectivity index (χ1n) is 4.27. The lowest BCUT2D eigenvalue weighted by molar-refractivity contribution is 0.0946. The maximum absolute atomic E-state index is 11.4. The van der Waals surface area contributed by atoms with Gasteiger partial charge in [-0.05, 0) is 23.6 Å². The molecule has 1 aromatic carbocycles. The molecule has 0 atom stereocenters. The summed E-state index contributed by atoms with van der Waals surface area (Å²) >= 11 is 3.37. The van der Waals surface area contributed by atoms with E-state index in [1.165, 1.54) is 0 Å². The van der Waals surface area contributed by atoms with Gasteiger partial charge in [0.05, 0.1) is 0 Å². The lowest BCUT2D eigenvalue weighted by Crippen LogP contribution is -2.31. The Labute approximate surface area is 85.5 Å². The average molecular weight is 240 g/mol. The minimum Gasteiger partial charge on any atom is -0.352 e. The number of carbonyl (C=O) groups excluding carboxylic acids is 1.